The fourth-order valence-corrected chi connectivity index (χ4v) is 4.47. The van der Waals surface area contributed by atoms with Gasteiger partial charge in [0.1, 0.15) is 6.54 Å². The van der Waals surface area contributed by atoms with Gasteiger partial charge in [0.2, 0.25) is 6.04 Å². The lowest BCUT2D eigenvalue weighted by molar-refractivity contribution is -0.154. The van der Waals surface area contributed by atoms with Gasteiger partial charge in [0.05, 0.1) is 26.0 Å². The van der Waals surface area contributed by atoms with E-state index in [1.165, 1.54) is 30.6 Å². The molecule has 4 rings (SSSR count). The molecule has 1 aromatic heterocycles. The summed E-state index contributed by atoms with van der Waals surface area (Å²) in [6.07, 6.45) is 0.559. The SMILES string of the molecule is COC(=O)C1N=NN(CC(=O)N2N=C(c3ccccc3)CC2c2cccs2)C1C(=O)OC. The van der Waals surface area contributed by atoms with Crippen LogP contribution >= 0.6 is 11.3 Å². The van der Waals surface area contributed by atoms with Crippen LogP contribution in [0, 0.1) is 0 Å². The van der Waals surface area contributed by atoms with Crippen molar-refractivity contribution >= 4 is 34.9 Å². The van der Waals surface area contributed by atoms with Crippen LogP contribution in [-0.2, 0) is 23.9 Å². The Labute approximate surface area is 188 Å². The van der Waals surface area contributed by atoms with Gasteiger partial charge in [0, 0.05) is 11.3 Å². The van der Waals surface area contributed by atoms with E-state index < -0.39 is 24.0 Å². The molecule has 3 atom stereocenters. The quantitative estimate of drug-likeness (QED) is 0.617. The molecule has 0 saturated carbocycles. The number of rotatable bonds is 6. The Bertz CT molecular complexity index is 1060. The average Bonchev–Trinajstić information content (AvgIpc) is 3.57. The molecule has 3 heterocycles. The van der Waals surface area contributed by atoms with Crippen LogP contribution in [0.25, 0.3) is 0 Å². The maximum Gasteiger partial charge on any atom is 0.335 e. The highest BCUT2D eigenvalue weighted by Crippen LogP contribution is 2.35. The molecule has 0 radical (unpaired) electrons. The second-order valence-corrected chi connectivity index (χ2v) is 8.10. The van der Waals surface area contributed by atoms with E-state index in [-0.39, 0.29) is 18.5 Å². The van der Waals surface area contributed by atoms with E-state index in [1.807, 2.05) is 47.8 Å². The Morgan fingerprint density at radius 1 is 1.06 bits per heavy atom. The molecule has 2 aliphatic rings. The third-order valence-corrected chi connectivity index (χ3v) is 6.21. The number of thiophene rings is 1. The van der Waals surface area contributed by atoms with Gasteiger partial charge < -0.3 is 9.47 Å². The third-order valence-electron chi connectivity index (χ3n) is 5.24. The number of carbonyl (C=O) groups excluding carboxylic acids is 3. The second-order valence-electron chi connectivity index (χ2n) is 7.12. The molecule has 0 aliphatic carbocycles. The van der Waals surface area contributed by atoms with Crippen LogP contribution in [0.15, 0.2) is 63.3 Å². The van der Waals surface area contributed by atoms with Crippen LogP contribution in [-0.4, -0.2) is 66.4 Å². The minimum absolute atomic E-state index is 0.273. The molecule has 2 aliphatic heterocycles. The lowest BCUT2D eigenvalue weighted by atomic mass is 10.0. The molecule has 0 spiro atoms. The van der Waals surface area contributed by atoms with Crippen molar-refractivity contribution < 1.29 is 23.9 Å². The number of methoxy groups -OCH3 is 2. The van der Waals surface area contributed by atoms with Crippen molar-refractivity contribution in [1.82, 2.24) is 10.0 Å². The van der Waals surface area contributed by atoms with Crippen molar-refractivity contribution in [2.45, 2.75) is 24.5 Å². The molecule has 11 heteroatoms. The topological polar surface area (TPSA) is 113 Å². The Kier molecular flexibility index (Phi) is 6.26. The predicted molar refractivity (Wildman–Crippen MR) is 115 cm³/mol. The standard InChI is InChI=1S/C21H21N5O5S/c1-30-20(28)18-19(21(29)31-2)25(24-22-18)12-17(27)26-15(16-9-6-10-32-16)11-14(23-26)13-7-4-3-5-8-13/h3-10,15,18-19H,11-12H2,1-2H3. The van der Waals surface area contributed by atoms with Crippen molar-refractivity contribution in [2.24, 2.45) is 15.4 Å². The fraction of sp³-hybridized carbons (Fsp3) is 0.333. The van der Waals surface area contributed by atoms with Gasteiger partial charge in [-0.05, 0) is 17.0 Å². The van der Waals surface area contributed by atoms with Gasteiger partial charge in [-0.25, -0.2) is 14.6 Å². The monoisotopic (exact) mass is 455 g/mol. The fourth-order valence-electron chi connectivity index (χ4n) is 3.66. The molecule has 2 aromatic rings. The molecular weight excluding hydrogens is 434 g/mol. The van der Waals surface area contributed by atoms with E-state index in [0.29, 0.717) is 6.42 Å². The normalized spacial score (nSPS) is 22.1. The van der Waals surface area contributed by atoms with Crippen molar-refractivity contribution in [3.8, 4) is 0 Å². The highest BCUT2D eigenvalue weighted by molar-refractivity contribution is 7.10. The van der Waals surface area contributed by atoms with Gasteiger partial charge in [-0.1, -0.05) is 41.6 Å². The molecular formula is C21H21N5O5S. The second kappa shape index (κ2) is 9.27. The summed E-state index contributed by atoms with van der Waals surface area (Å²) in [5, 5.41) is 16.8. The number of amides is 1. The molecule has 0 bridgehead atoms. The third kappa shape index (κ3) is 4.11. The Balaban J connectivity index is 1.58. The van der Waals surface area contributed by atoms with Crippen molar-refractivity contribution in [3.05, 3.63) is 58.3 Å². The van der Waals surface area contributed by atoms with E-state index in [9.17, 15) is 14.4 Å². The van der Waals surface area contributed by atoms with E-state index in [2.05, 4.69) is 15.4 Å². The molecule has 10 nitrogen and oxygen atoms in total. The number of nitrogens with zero attached hydrogens (tertiary/aromatic N) is 5. The molecule has 0 fully saturated rings. The van der Waals surface area contributed by atoms with Gasteiger partial charge in [0.25, 0.3) is 5.91 Å². The summed E-state index contributed by atoms with van der Waals surface area (Å²) >= 11 is 1.54. The highest BCUT2D eigenvalue weighted by Gasteiger charge is 2.46. The van der Waals surface area contributed by atoms with Crippen LogP contribution in [0.3, 0.4) is 0 Å². The number of hydrogen-bond acceptors (Lipinski definition) is 10. The number of ether oxygens (including phenoxy) is 2. The lowest BCUT2D eigenvalue weighted by Gasteiger charge is -2.25. The molecule has 166 valence electrons. The number of carbonyl (C=O) groups is 3. The summed E-state index contributed by atoms with van der Waals surface area (Å²) < 4.78 is 9.49. The average molecular weight is 455 g/mol. The summed E-state index contributed by atoms with van der Waals surface area (Å²) in [7, 11) is 2.38. The highest BCUT2D eigenvalue weighted by atomic mass is 32.1. The van der Waals surface area contributed by atoms with E-state index >= 15 is 0 Å². The minimum Gasteiger partial charge on any atom is -0.467 e. The minimum atomic E-state index is -1.20. The van der Waals surface area contributed by atoms with Crippen LogP contribution in [0.2, 0.25) is 0 Å². The smallest absolute Gasteiger partial charge is 0.335 e. The zero-order valence-electron chi connectivity index (χ0n) is 17.5. The summed E-state index contributed by atoms with van der Waals surface area (Å²) in [6, 6.07) is 10.9. The summed E-state index contributed by atoms with van der Waals surface area (Å²) in [5.41, 5.74) is 1.72. The van der Waals surface area contributed by atoms with Crippen LogP contribution < -0.4 is 0 Å². The summed E-state index contributed by atoms with van der Waals surface area (Å²) in [6.45, 7) is -0.301. The molecule has 3 unspecified atom stereocenters. The lowest BCUT2D eigenvalue weighted by Crippen LogP contribution is -2.49. The van der Waals surface area contributed by atoms with E-state index in [0.717, 1.165) is 21.2 Å². The molecule has 1 aromatic carbocycles. The van der Waals surface area contributed by atoms with Crippen molar-refractivity contribution in [1.29, 1.82) is 0 Å². The predicted octanol–water partition coefficient (Wildman–Crippen LogP) is 2.19. The summed E-state index contributed by atoms with van der Waals surface area (Å²) in [5.74, 6) is -1.85. The van der Waals surface area contributed by atoms with Crippen LogP contribution in [0.1, 0.15) is 22.9 Å². The molecule has 0 N–H and O–H groups in total. The maximum atomic E-state index is 13.3. The number of benzene rings is 1. The van der Waals surface area contributed by atoms with Gasteiger partial charge in [-0.15, -0.1) is 11.3 Å². The number of esters is 2. The number of hydrogen-bond donors (Lipinski definition) is 0. The van der Waals surface area contributed by atoms with Gasteiger partial charge in [-0.2, -0.15) is 10.2 Å². The largest absolute Gasteiger partial charge is 0.467 e. The van der Waals surface area contributed by atoms with E-state index in [4.69, 9.17) is 9.47 Å². The van der Waals surface area contributed by atoms with Crippen molar-refractivity contribution in [2.75, 3.05) is 20.8 Å². The maximum absolute atomic E-state index is 13.3. The van der Waals surface area contributed by atoms with Gasteiger partial charge >= 0.3 is 11.9 Å². The number of hydrazone groups is 1. The summed E-state index contributed by atoms with van der Waals surface area (Å²) in [4.78, 5) is 38.6. The first kappa shape index (κ1) is 21.6. The molecule has 1 amide bonds. The van der Waals surface area contributed by atoms with Gasteiger partial charge in [-0.3, -0.25) is 9.80 Å². The van der Waals surface area contributed by atoms with Crippen LogP contribution in [0.5, 0.6) is 0 Å². The molecule has 0 saturated heterocycles. The first-order valence-corrected chi connectivity index (χ1v) is 10.7. The Morgan fingerprint density at radius 3 is 2.47 bits per heavy atom. The zero-order valence-corrected chi connectivity index (χ0v) is 18.3. The van der Waals surface area contributed by atoms with E-state index in [1.54, 1.807) is 0 Å². The van der Waals surface area contributed by atoms with Gasteiger partial charge in [0.15, 0.2) is 6.04 Å². The molecule has 32 heavy (non-hydrogen) atoms. The Hall–Kier alpha value is -3.60. The van der Waals surface area contributed by atoms with Crippen LogP contribution in [0.4, 0.5) is 0 Å². The first-order chi connectivity index (χ1) is 15.5. The zero-order chi connectivity index (χ0) is 22.7. The first-order valence-electron chi connectivity index (χ1n) is 9.85. The van der Waals surface area contributed by atoms with Crippen molar-refractivity contribution in [3.63, 3.8) is 0 Å². The Morgan fingerprint density at radius 2 is 1.81 bits per heavy atom.